The number of hydrogen-bond donors (Lipinski definition) is 3. The van der Waals surface area contributed by atoms with Crippen molar-refractivity contribution in [3.63, 3.8) is 0 Å². The third kappa shape index (κ3) is 4.16. The normalized spacial score (nSPS) is 16.4. The minimum absolute atomic E-state index is 0.0728. The van der Waals surface area contributed by atoms with Gasteiger partial charge in [-0.2, -0.15) is 5.10 Å². The number of aryl methyl sites for hydroxylation is 3. The van der Waals surface area contributed by atoms with Crippen molar-refractivity contribution in [2.75, 3.05) is 18.4 Å². The summed E-state index contributed by atoms with van der Waals surface area (Å²) in [6.07, 6.45) is 0.959. The van der Waals surface area contributed by atoms with Gasteiger partial charge in [0, 0.05) is 31.3 Å². The Morgan fingerprint density at radius 2 is 2.08 bits per heavy atom. The summed E-state index contributed by atoms with van der Waals surface area (Å²) in [4.78, 5) is 31.9. The average Bonchev–Trinajstić information content (AvgIpc) is 3.16. The highest BCUT2D eigenvalue weighted by Gasteiger charge is 2.26. The molecule has 0 aromatic carbocycles. The number of carbonyl (C=O) groups excluding carboxylic acids is 2. The Labute approximate surface area is 151 Å². The van der Waals surface area contributed by atoms with Crippen molar-refractivity contribution in [2.24, 2.45) is 0 Å². The Morgan fingerprint density at radius 3 is 2.73 bits per heavy atom. The van der Waals surface area contributed by atoms with Crippen LogP contribution in [-0.2, 0) is 9.59 Å². The Bertz CT molecular complexity index is 831. The predicted octanol–water partition coefficient (Wildman–Crippen LogP) is 0.394. The van der Waals surface area contributed by atoms with Gasteiger partial charge in [-0.1, -0.05) is 0 Å². The molecule has 3 rings (SSSR count). The monoisotopic (exact) mass is 357 g/mol. The van der Waals surface area contributed by atoms with Crippen LogP contribution in [0, 0.1) is 20.8 Å². The van der Waals surface area contributed by atoms with E-state index in [1.807, 2.05) is 32.9 Å². The molecule has 0 saturated carbocycles. The first-order chi connectivity index (χ1) is 12.4. The summed E-state index contributed by atoms with van der Waals surface area (Å²) in [6.45, 7) is 6.68. The lowest BCUT2D eigenvalue weighted by atomic mass is 10.2. The lowest BCUT2D eigenvalue weighted by Gasteiger charge is -2.12. The first-order valence-electron chi connectivity index (χ1n) is 8.62. The van der Waals surface area contributed by atoms with E-state index in [0.717, 1.165) is 11.4 Å². The summed E-state index contributed by atoms with van der Waals surface area (Å²) in [5.74, 6) is 1.78. The zero-order chi connectivity index (χ0) is 18.7. The van der Waals surface area contributed by atoms with Crippen LogP contribution < -0.4 is 16.0 Å². The molecule has 3 heterocycles. The second-order valence-electron chi connectivity index (χ2n) is 6.37. The highest BCUT2D eigenvalue weighted by Crippen LogP contribution is 2.13. The second-order valence-corrected chi connectivity index (χ2v) is 6.37. The molecule has 26 heavy (non-hydrogen) atoms. The maximum Gasteiger partial charge on any atom is 0.242 e. The maximum atomic E-state index is 11.9. The zero-order valence-corrected chi connectivity index (χ0v) is 15.2. The molecule has 9 nitrogen and oxygen atoms in total. The molecule has 0 spiro atoms. The minimum Gasteiger partial charge on any atom is -0.368 e. The summed E-state index contributed by atoms with van der Waals surface area (Å²) in [6, 6.07) is 3.40. The number of carbonyl (C=O) groups is 2. The minimum atomic E-state index is -0.415. The van der Waals surface area contributed by atoms with Gasteiger partial charge in [0.25, 0.3) is 0 Å². The summed E-state index contributed by atoms with van der Waals surface area (Å²) < 4.78 is 1.78. The number of nitrogens with zero attached hydrogens (tertiary/aromatic N) is 4. The van der Waals surface area contributed by atoms with Gasteiger partial charge in [-0.3, -0.25) is 9.59 Å². The zero-order valence-electron chi connectivity index (χ0n) is 15.2. The van der Waals surface area contributed by atoms with Crippen molar-refractivity contribution in [3.8, 4) is 5.82 Å². The van der Waals surface area contributed by atoms with Crippen molar-refractivity contribution >= 4 is 17.6 Å². The largest absolute Gasteiger partial charge is 0.368 e. The Morgan fingerprint density at radius 1 is 1.27 bits per heavy atom. The van der Waals surface area contributed by atoms with E-state index < -0.39 is 6.04 Å². The van der Waals surface area contributed by atoms with Gasteiger partial charge in [0.2, 0.25) is 11.8 Å². The van der Waals surface area contributed by atoms with Gasteiger partial charge in [0.1, 0.15) is 17.7 Å². The second kappa shape index (κ2) is 7.51. The van der Waals surface area contributed by atoms with Crippen molar-refractivity contribution in [1.82, 2.24) is 30.4 Å². The van der Waals surface area contributed by atoms with E-state index in [0.29, 0.717) is 43.4 Å². The van der Waals surface area contributed by atoms with Crippen LogP contribution in [0.4, 0.5) is 5.82 Å². The van der Waals surface area contributed by atoms with Crippen LogP contribution in [0.1, 0.15) is 30.1 Å². The van der Waals surface area contributed by atoms with Crippen molar-refractivity contribution in [3.05, 3.63) is 29.3 Å². The van der Waals surface area contributed by atoms with Gasteiger partial charge >= 0.3 is 0 Å². The summed E-state index contributed by atoms with van der Waals surface area (Å²) in [5, 5.41) is 13.1. The number of hydrogen-bond acceptors (Lipinski definition) is 6. The third-order valence-electron chi connectivity index (χ3n) is 4.09. The Balaban J connectivity index is 1.56. The maximum absolute atomic E-state index is 11.9. The molecule has 3 N–H and O–H groups in total. The molecule has 9 heteroatoms. The molecule has 1 aliphatic rings. The summed E-state index contributed by atoms with van der Waals surface area (Å²) in [7, 11) is 0. The van der Waals surface area contributed by atoms with E-state index in [2.05, 4.69) is 31.0 Å². The summed E-state index contributed by atoms with van der Waals surface area (Å²) in [5.41, 5.74) is 1.92. The molecule has 1 unspecified atom stereocenters. The molecule has 1 saturated heterocycles. The lowest BCUT2D eigenvalue weighted by Crippen LogP contribution is -2.43. The Kier molecular flexibility index (Phi) is 5.15. The molecule has 0 aliphatic carbocycles. The van der Waals surface area contributed by atoms with Crippen molar-refractivity contribution in [2.45, 2.75) is 39.7 Å². The molecule has 1 aliphatic heterocycles. The van der Waals surface area contributed by atoms with Gasteiger partial charge in [-0.05, 0) is 33.3 Å². The van der Waals surface area contributed by atoms with E-state index in [9.17, 15) is 9.59 Å². The molecule has 2 amide bonds. The standard InChI is InChI=1S/C17H23N7O2/c1-10-8-11(2)24(23-10)15-9-14(20-12(3)21-15)18-6-7-19-17(26)13-4-5-16(25)22-13/h8-9,13H,4-7H2,1-3H3,(H,19,26)(H,22,25)(H,18,20,21). The number of aromatic nitrogens is 4. The Hall–Kier alpha value is -2.97. The molecule has 138 valence electrons. The molecule has 2 aromatic heterocycles. The number of amides is 2. The van der Waals surface area contributed by atoms with E-state index in [1.165, 1.54) is 0 Å². The fourth-order valence-electron chi connectivity index (χ4n) is 2.92. The highest BCUT2D eigenvalue weighted by atomic mass is 16.2. The quantitative estimate of drug-likeness (QED) is 0.645. The predicted molar refractivity (Wildman–Crippen MR) is 96.0 cm³/mol. The topological polar surface area (TPSA) is 114 Å². The first-order valence-corrected chi connectivity index (χ1v) is 8.62. The molecular weight excluding hydrogens is 334 g/mol. The van der Waals surface area contributed by atoms with Crippen LogP contribution in [0.5, 0.6) is 0 Å². The molecule has 0 radical (unpaired) electrons. The van der Waals surface area contributed by atoms with Gasteiger partial charge in [0.05, 0.1) is 5.69 Å². The molecule has 1 atom stereocenters. The van der Waals surface area contributed by atoms with Gasteiger partial charge in [0.15, 0.2) is 5.82 Å². The highest BCUT2D eigenvalue weighted by molar-refractivity contribution is 5.90. The van der Waals surface area contributed by atoms with E-state index in [4.69, 9.17) is 0 Å². The third-order valence-corrected chi connectivity index (χ3v) is 4.09. The molecular formula is C17H23N7O2. The lowest BCUT2D eigenvalue weighted by molar-refractivity contribution is -0.125. The van der Waals surface area contributed by atoms with E-state index in [1.54, 1.807) is 4.68 Å². The van der Waals surface area contributed by atoms with Crippen LogP contribution in [-0.4, -0.2) is 50.7 Å². The molecule has 0 bridgehead atoms. The van der Waals surface area contributed by atoms with Crippen molar-refractivity contribution < 1.29 is 9.59 Å². The van der Waals surface area contributed by atoms with Gasteiger partial charge in [-0.25, -0.2) is 14.6 Å². The first kappa shape index (κ1) is 17.8. The fraction of sp³-hybridized carbons (Fsp3) is 0.471. The van der Waals surface area contributed by atoms with Crippen LogP contribution in [0.15, 0.2) is 12.1 Å². The molecule has 1 fully saturated rings. The van der Waals surface area contributed by atoms with E-state index in [-0.39, 0.29) is 11.8 Å². The van der Waals surface area contributed by atoms with Crippen LogP contribution >= 0.6 is 0 Å². The molecule has 2 aromatic rings. The number of rotatable bonds is 6. The van der Waals surface area contributed by atoms with E-state index >= 15 is 0 Å². The van der Waals surface area contributed by atoms with Gasteiger partial charge in [-0.15, -0.1) is 0 Å². The van der Waals surface area contributed by atoms with Gasteiger partial charge < -0.3 is 16.0 Å². The number of anilines is 1. The van der Waals surface area contributed by atoms with Crippen molar-refractivity contribution in [1.29, 1.82) is 0 Å². The SMILES string of the molecule is Cc1cc(C)n(-c2cc(NCCNC(=O)C3CCC(=O)N3)nc(C)n2)n1. The number of nitrogens with one attached hydrogen (secondary N) is 3. The van der Waals surface area contributed by atoms with Crippen LogP contribution in [0.2, 0.25) is 0 Å². The smallest absolute Gasteiger partial charge is 0.242 e. The average molecular weight is 357 g/mol. The van der Waals surface area contributed by atoms with Crippen LogP contribution in [0.25, 0.3) is 5.82 Å². The fourth-order valence-corrected chi connectivity index (χ4v) is 2.92. The van der Waals surface area contributed by atoms with Crippen LogP contribution in [0.3, 0.4) is 0 Å². The summed E-state index contributed by atoms with van der Waals surface area (Å²) >= 11 is 0.